The lowest BCUT2D eigenvalue weighted by Crippen LogP contribution is -2.05. The molecule has 4 heteroatoms. The van der Waals surface area contributed by atoms with Crippen molar-refractivity contribution in [2.75, 3.05) is 0 Å². The van der Waals surface area contributed by atoms with Gasteiger partial charge in [-0.05, 0) is 6.92 Å². The lowest BCUT2D eigenvalue weighted by Gasteiger charge is -1.90. The number of aliphatic hydroxyl groups excluding tert-OH is 1. The van der Waals surface area contributed by atoms with Crippen molar-refractivity contribution in [3.05, 3.63) is 11.9 Å². The molecule has 1 heterocycles. The highest BCUT2D eigenvalue weighted by atomic mass is 16.3. The molecule has 0 aliphatic heterocycles. The molecule has 0 amide bonds. The predicted octanol–water partition coefficient (Wildman–Crippen LogP) is -0.811. The fraction of sp³-hybridized carbons (Fsp3) is 0.500. The van der Waals surface area contributed by atoms with Gasteiger partial charge in [-0.3, -0.25) is 4.68 Å². The fourth-order valence-electron chi connectivity index (χ4n) is 0.762. The van der Waals surface area contributed by atoms with Crippen molar-refractivity contribution >= 4 is 13.3 Å². The average molecular weight is 136 g/mol. The first-order valence-corrected chi connectivity index (χ1v) is 3.20. The van der Waals surface area contributed by atoms with Gasteiger partial charge in [0.25, 0.3) is 0 Å². The molecule has 0 aliphatic carbocycles. The molecule has 0 bridgehead atoms. The Morgan fingerprint density at radius 3 is 2.80 bits per heavy atom. The van der Waals surface area contributed by atoms with Gasteiger partial charge in [-0.1, -0.05) is 5.46 Å². The van der Waals surface area contributed by atoms with Crippen LogP contribution in [0.25, 0.3) is 0 Å². The van der Waals surface area contributed by atoms with Gasteiger partial charge >= 0.3 is 0 Å². The number of nitrogens with zero attached hydrogens (tertiary/aromatic N) is 2. The third-order valence-corrected chi connectivity index (χ3v) is 1.34. The Hall–Kier alpha value is -0.765. The summed E-state index contributed by atoms with van der Waals surface area (Å²) in [5.74, 6) is 0. The topological polar surface area (TPSA) is 38.0 Å². The van der Waals surface area contributed by atoms with Crippen LogP contribution in [0.1, 0.15) is 12.6 Å². The minimum atomic E-state index is -0.0845. The lowest BCUT2D eigenvalue weighted by molar-refractivity contribution is 0.276. The van der Waals surface area contributed by atoms with Gasteiger partial charge < -0.3 is 5.11 Å². The minimum absolute atomic E-state index is 0.0845. The van der Waals surface area contributed by atoms with Gasteiger partial charge in [-0.15, -0.1) is 0 Å². The number of rotatable bonds is 2. The molecule has 0 fully saturated rings. The second-order valence-electron chi connectivity index (χ2n) is 2.04. The molecular formula is C6H9BN2O. The van der Waals surface area contributed by atoms with E-state index in [1.165, 1.54) is 0 Å². The summed E-state index contributed by atoms with van der Waals surface area (Å²) in [6.45, 7) is 2.66. The molecule has 0 aliphatic rings. The molecule has 0 saturated carbocycles. The van der Waals surface area contributed by atoms with E-state index in [9.17, 15) is 0 Å². The maximum atomic E-state index is 8.67. The Labute approximate surface area is 61.1 Å². The molecular weight excluding hydrogens is 127 g/mol. The molecule has 3 nitrogen and oxygen atoms in total. The van der Waals surface area contributed by atoms with E-state index >= 15 is 0 Å². The van der Waals surface area contributed by atoms with Gasteiger partial charge in [-0.25, -0.2) is 0 Å². The molecule has 1 aromatic heterocycles. The summed E-state index contributed by atoms with van der Waals surface area (Å²) in [4.78, 5) is 0. The highest BCUT2D eigenvalue weighted by Crippen LogP contribution is 1.89. The third-order valence-electron chi connectivity index (χ3n) is 1.34. The summed E-state index contributed by atoms with van der Waals surface area (Å²) in [6.07, 6.45) is 1.71. The van der Waals surface area contributed by atoms with Crippen molar-refractivity contribution in [2.45, 2.75) is 20.1 Å². The molecule has 1 rings (SSSR count). The highest BCUT2D eigenvalue weighted by molar-refractivity contribution is 6.32. The second kappa shape index (κ2) is 2.88. The van der Waals surface area contributed by atoms with E-state index in [1.807, 2.05) is 6.92 Å². The smallest absolute Gasteiger partial charge is 0.118 e. The maximum Gasteiger partial charge on any atom is 0.118 e. The first-order valence-electron chi connectivity index (χ1n) is 3.20. The molecule has 52 valence electrons. The summed E-state index contributed by atoms with van der Waals surface area (Å²) < 4.78 is 1.70. The van der Waals surface area contributed by atoms with E-state index < -0.39 is 0 Å². The Morgan fingerprint density at radius 2 is 2.50 bits per heavy atom. The van der Waals surface area contributed by atoms with Crippen LogP contribution in [0, 0.1) is 0 Å². The zero-order chi connectivity index (χ0) is 7.56. The van der Waals surface area contributed by atoms with E-state index in [-0.39, 0.29) is 6.61 Å². The van der Waals surface area contributed by atoms with Crippen molar-refractivity contribution in [3.8, 4) is 0 Å². The molecule has 1 aromatic rings. The summed E-state index contributed by atoms with van der Waals surface area (Å²) in [6, 6.07) is 0. The first kappa shape index (κ1) is 7.34. The Balaban J connectivity index is 2.92. The third kappa shape index (κ3) is 1.21. The van der Waals surface area contributed by atoms with Gasteiger partial charge in [-0.2, -0.15) is 5.10 Å². The van der Waals surface area contributed by atoms with Gasteiger partial charge in [0.1, 0.15) is 7.85 Å². The summed E-state index contributed by atoms with van der Waals surface area (Å²) >= 11 is 0. The quantitative estimate of drug-likeness (QED) is 0.540. The minimum Gasteiger partial charge on any atom is -0.390 e. The first-order chi connectivity index (χ1) is 4.77. The Kier molecular flexibility index (Phi) is 2.11. The predicted molar refractivity (Wildman–Crippen MR) is 39.2 cm³/mol. The van der Waals surface area contributed by atoms with Crippen LogP contribution in [0.4, 0.5) is 0 Å². The summed E-state index contributed by atoms with van der Waals surface area (Å²) in [5, 5.41) is 12.7. The molecule has 0 saturated heterocycles. The second-order valence-corrected chi connectivity index (χ2v) is 2.04. The van der Waals surface area contributed by atoms with E-state index in [0.717, 1.165) is 6.54 Å². The van der Waals surface area contributed by atoms with Crippen molar-refractivity contribution < 1.29 is 5.11 Å². The average Bonchev–Trinajstić information content (AvgIpc) is 2.30. The number of hydrogen-bond donors (Lipinski definition) is 1. The largest absolute Gasteiger partial charge is 0.390 e. The van der Waals surface area contributed by atoms with Crippen LogP contribution in [-0.2, 0) is 13.2 Å². The molecule has 2 radical (unpaired) electrons. The molecule has 10 heavy (non-hydrogen) atoms. The standard InChI is InChI=1S/C6H9BN2O/c1-2-9-3-5(7)6(4-10)8-9/h3,10H,2,4H2,1H3. The zero-order valence-corrected chi connectivity index (χ0v) is 5.91. The monoisotopic (exact) mass is 136 g/mol. The summed E-state index contributed by atoms with van der Waals surface area (Å²) in [7, 11) is 5.48. The van der Waals surface area contributed by atoms with Crippen molar-refractivity contribution in [1.29, 1.82) is 0 Å². The molecule has 0 spiro atoms. The van der Waals surface area contributed by atoms with Crippen LogP contribution in [0.5, 0.6) is 0 Å². The lowest BCUT2D eigenvalue weighted by atomic mass is 9.97. The van der Waals surface area contributed by atoms with Crippen LogP contribution in [-0.4, -0.2) is 22.7 Å². The number of aryl methyl sites for hydroxylation is 1. The van der Waals surface area contributed by atoms with Crippen molar-refractivity contribution in [1.82, 2.24) is 9.78 Å². The van der Waals surface area contributed by atoms with Gasteiger partial charge in [0.15, 0.2) is 0 Å². The number of aromatic nitrogens is 2. The zero-order valence-electron chi connectivity index (χ0n) is 5.91. The van der Waals surface area contributed by atoms with Gasteiger partial charge in [0, 0.05) is 12.7 Å². The number of hydrogen-bond acceptors (Lipinski definition) is 2. The molecule has 0 atom stereocenters. The molecule has 1 N–H and O–H groups in total. The normalized spacial score (nSPS) is 10.2. The van der Waals surface area contributed by atoms with Gasteiger partial charge in [0.2, 0.25) is 0 Å². The van der Waals surface area contributed by atoms with Crippen LogP contribution in [0.2, 0.25) is 0 Å². The maximum absolute atomic E-state index is 8.67. The van der Waals surface area contributed by atoms with Crippen LogP contribution >= 0.6 is 0 Å². The van der Waals surface area contributed by atoms with E-state index in [4.69, 9.17) is 13.0 Å². The van der Waals surface area contributed by atoms with E-state index in [2.05, 4.69) is 5.10 Å². The Morgan fingerprint density at radius 1 is 1.80 bits per heavy atom. The fourth-order valence-corrected chi connectivity index (χ4v) is 0.762. The SMILES string of the molecule is [B]c1cn(CC)nc1CO. The highest BCUT2D eigenvalue weighted by Gasteiger charge is 1.99. The van der Waals surface area contributed by atoms with E-state index in [1.54, 1.807) is 10.9 Å². The molecule has 0 aromatic carbocycles. The van der Waals surface area contributed by atoms with E-state index in [0.29, 0.717) is 11.2 Å². The summed E-state index contributed by atoms with van der Waals surface area (Å²) in [5.41, 5.74) is 1.12. The van der Waals surface area contributed by atoms with Crippen LogP contribution in [0.3, 0.4) is 0 Å². The molecule has 0 unspecified atom stereocenters. The van der Waals surface area contributed by atoms with Crippen LogP contribution in [0.15, 0.2) is 6.20 Å². The van der Waals surface area contributed by atoms with Crippen LogP contribution < -0.4 is 5.46 Å². The Bertz CT molecular complexity index is 222. The van der Waals surface area contributed by atoms with Crippen molar-refractivity contribution in [2.24, 2.45) is 0 Å². The number of aliphatic hydroxyl groups is 1. The van der Waals surface area contributed by atoms with Gasteiger partial charge in [0.05, 0.1) is 12.3 Å². The van der Waals surface area contributed by atoms with Crippen molar-refractivity contribution in [3.63, 3.8) is 0 Å².